The fourth-order valence-corrected chi connectivity index (χ4v) is 4.55. The van der Waals surface area contributed by atoms with Crippen molar-refractivity contribution >= 4 is 23.5 Å². The third-order valence-corrected chi connectivity index (χ3v) is 6.20. The summed E-state index contributed by atoms with van der Waals surface area (Å²) in [5.41, 5.74) is 0.936. The second-order valence-corrected chi connectivity index (χ2v) is 8.32. The van der Waals surface area contributed by atoms with Crippen LogP contribution < -0.4 is 19.9 Å². The first-order valence-electron chi connectivity index (χ1n) is 9.96. The van der Waals surface area contributed by atoms with Crippen LogP contribution in [0.3, 0.4) is 0 Å². The number of nitrogens with one attached hydrogen (secondary N) is 1. The molecular weight excluding hydrogens is 411 g/mol. The number of nitrogens with zero attached hydrogens (tertiary/aromatic N) is 5. The molecule has 4 aliphatic heterocycles. The van der Waals surface area contributed by atoms with Crippen LogP contribution in [-0.4, -0.2) is 78.7 Å². The van der Waals surface area contributed by atoms with E-state index < -0.39 is 30.1 Å². The van der Waals surface area contributed by atoms with Crippen LogP contribution in [-0.2, 0) is 9.47 Å². The number of hydrogen-bond donors (Lipinski definition) is 1. The number of rotatable bonds is 3. The molecule has 3 fully saturated rings. The zero-order valence-corrected chi connectivity index (χ0v) is 16.4. The minimum atomic E-state index is -0.648. The number of halogens is 1. The summed E-state index contributed by atoms with van der Waals surface area (Å²) in [5, 5.41) is 9.83. The van der Waals surface area contributed by atoms with Gasteiger partial charge in [0.2, 0.25) is 0 Å². The van der Waals surface area contributed by atoms with E-state index in [4.69, 9.17) is 14.2 Å². The van der Waals surface area contributed by atoms with Crippen molar-refractivity contribution in [2.75, 3.05) is 49.3 Å². The number of benzene rings is 1. The third kappa shape index (κ3) is 2.81. The van der Waals surface area contributed by atoms with Crippen LogP contribution >= 0.6 is 0 Å². The standard InChI is InChI=1S/C19H19FN6O5/c20-11-3-13-15(4-12(11)24-7-19(8-24)9-29-10-19)30-6-14-16(31-18(28)26(13)14)5-21-17(27)25-2-1-22-23-25/h1-4,14,16H,5-10H2,(H,21,27)/t14-,16-/m0/s1. The molecule has 0 radical (unpaired) electrons. The smallest absolute Gasteiger partial charge is 0.415 e. The average Bonchev–Trinajstić information content (AvgIpc) is 3.33. The first-order chi connectivity index (χ1) is 15.0. The molecule has 0 unspecified atom stereocenters. The molecule has 1 aromatic heterocycles. The molecule has 11 nitrogen and oxygen atoms in total. The summed E-state index contributed by atoms with van der Waals surface area (Å²) in [6, 6.07) is 1.97. The molecule has 0 saturated carbocycles. The van der Waals surface area contributed by atoms with E-state index in [1.165, 1.54) is 23.4 Å². The molecule has 162 valence electrons. The lowest BCUT2D eigenvalue weighted by atomic mass is 9.77. The van der Waals surface area contributed by atoms with Crippen LogP contribution in [0.15, 0.2) is 24.5 Å². The fraction of sp³-hybridized carbons (Fsp3) is 0.474. The predicted octanol–water partition coefficient (Wildman–Crippen LogP) is 0.598. The molecule has 2 atom stereocenters. The highest BCUT2D eigenvalue weighted by molar-refractivity contribution is 5.94. The van der Waals surface area contributed by atoms with Crippen LogP contribution in [0.25, 0.3) is 0 Å². The Kier molecular flexibility index (Phi) is 3.88. The van der Waals surface area contributed by atoms with Crippen LogP contribution in [0.4, 0.5) is 25.4 Å². The molecule has 5 heterocycles. The number of cyclic esters (lactones) is 1. The van der Waals surface area contributed by atoms with E-state index in [2.05, 4.69) is 15.6 Å². The molecule has 31 heavy (non-hydrogen) atoms. The van der Waals surface area contributed by atoms with Crippen molar-refractivity contribution in [3.63, 3.8) is 0 Å². The van der Waals surface area contributed by atoms with Crippen LogP contribution in [0.1, 0.15) is 0 Å². The summed E-state index contributed by atoms with van der Waals surface area (Å²) in [6.07, 6.45) is 1.53. The first-order valence-corrected chi connectivity index (χ1v) is 9.96. The van der Waals surface area contributed by atoms with Gasteiger partial charge in [-0.05, 0) is 0 Å². The van der Waals surface area contributed by atoms with Gasteiger partial charge in [-0.25, -0.2) is 14.0 Å². The maximum Gasteiger partial charge on any atom is 0.415 e. The molecule has 1 N–H and O–H groups in total. The molecular formula is C19H19FN6O5. The highest BCUT2D eigenvalue weighted by atomic mass is 19.1. The zero-order chi connectivity index (χ0) is 21.2. The number of fused-ring (bicyclic) bond motifs is 3. The number of anilines is 2. The van der Waals surface area contributed by atoms with Crippen molar-refractivity contribution in [3.8, 4) is 5.75 Å². The number of aromatic nitrogens is 3. The lowest BCUT2D eigenvalue weighted by Crippen LogP contribution is -2.66. The van der Waals surface area contributed by atoms with E-state index in [1.807, 2.05) is 4.90 Å². The largest absolute Gasteiger partial charge is 0.489 e. The summed E-state index contributed by atoms with van der Waals surface area (Å²) < 4.78 is 32.5. The molecule has 1 spiro atoms. The van der Waals surface area contributed by atoms with Crippen molar-refractivity contribution in [2.45, 2.75) is 12.1 Å². The molecule has 4 aliphatic rings. The monoisotopic (exact) mass is 430 g/mol. The van der Waals surface area contributed by atoms with E-state index in [0.29, 0.717) is 30.3 Å². The minimum absolute atomic E-state index is 0.0583. The summed E-state index contributed by atoms with van der Waals surface area (Å²) in [5.74, 6) is 0.0107. The van der Waals surface area contributed by atoms with E-state index in [9.17, 15) is 14.0 Å². The fourth-order valence-electron chi connectivity index (χ4n) is 4.55. The first kappa shape index (κ1) is 18.4. The van der Waals surface area contributed by atoms with Gasteiger partial charge in [0.05, 0.1) is 48.9 Å². The Labute approximate surface area is 175 Å². The number of amides is 2. The lowest BCUT2D eigenvalue weighted by molar-refractivity contribution is -0.127. The van der Waals surface area contributed by atoms with Crippen molar-refractivity contribution in [3.05, 3.63) is 30.3 Å². The van der Waals surface area contributed by atoms with Crippen LogP contribution in [0, 0.1) is 11.2 Å². The van der Waals surface area contributed by atoms with Gasteiger partial charge in [0, 0.05) is 25.2 Å². The van der Waals surface area contributed by atoms with Gasteiger partial charge in [0.25, 0.3) is 0 Å². The zero-order valence-electron chi connectivity index (χ0n) is 16.4. The maximum atomic E-state index is 14.9. The molecule has 2 aromatic rings. The lowest BCUT2D eigenvalue weighted by Gasteiger charge is -2.56. The van der Waals surface area contributed by atoms with Crippen molar-refractivity contribution < 1.29 is 28.2 Å². The Morgan fingerprint density at radius 2 is 2.13 bits per heavy atom. The number of carbonyl (C=O) groups is 2. The Hall–Kier alpha value is -3.41. The second kappa shape index (κ2) is 6.54. The summed E-state index contributed by atoms with van der Waals surface area (Å²) in [4.78, 5) is 28.0. The quantitative estimate of drug-likeness (QED) is 0.754. The van der Waals surface area contributed by atoms with Gasteiger partial charge in [-0.3, -0.25) is 4.90 Å². The molecule has 6 rings (SSSR count). The minimum Gasteiger partial charge on any atom is -0.489 e. The SMILES string of the molecule is O=C1O[C@@H](CNC(=O)n2ccnn2)[C@@H]2COc3cc(N4CC5(COC5)C4)c(F)cc3N12. The molecule has 0 aliphatic carbocycles. The highest BCUT2D eigenvalue weighted by Gasteiger charge is 2.51. The second-order valence-electron chi connectivity index (χ2n) is 8.32. The Morgan fingerprint density at radius 3 is 2.84 bits per heavy atom. The van der Waals surface area contributed by atoms with Crippen molar-refractivity contribution in [1.29, 1.82) is 0 Å². The molecule has 3 saturated heterocycles. The van der Waals surface area contributed by atoms with Gasteiger partial charge in [-0.15, -0.1) is 5.10 Å². The Bertz CT molecular complexity index is 1050. The average molecular weight is 430 g/mol. The topological polar surface area (TPSA) is 111 Å². The number of carbonyl (C=O) groups excluding carboxylic acids is 2. The van der Waals surface area contributed by atoms with Gasteiger partial charge < -0.3 is 24.4 Å². The van der Waals surface area contributed by atoms with Crippen molar-refractivity contribution in [2.24, 2.45) is 5.41 Å². The molecule has 0 bridgehead atoms. The van der Waals surface area contributed by atoms with Crippen LogP contribution in [0.2, 0.25) is 0 Å². The Morgan fingerprint density at radius 1 is 1.29 bits per heavy atom. The number of hydrogen-bond acceptors (Lipinski definition) is 8. The maximum absolute atomic E-state index is 14.9. The van der Waals surface area contributed by atoms with Crippen LogP contribution in [0.5, 0.6) is 5.75 Å². The summed E-state index contributed by atoms with van der Waals surface area (Å²) in [6.45, 7) is 3.13. The highest BCUT2D eigenvalue weighted by Crippen LogP contribution is 2.46. The van der Waals surface area contributed by atoms with Gasteiger partial charge in [0.1, 0.15) is 30.3 Å². The van der Waals surface area contributed by atoms with E-state index in [1.54, 1.807) is 6.07 Å². The normalized spacial score (nSPS) is 25.1. The van der Waals surface area contributed by atoms with E-state index in [-0.39, 0.29) is 18.6 Å². The van der Waals surface area contributed by atoms with Crippen molar-refractivity contribution in [1.82, 2.24) is 20.3 Å². The third-order valence-electron chi connectivity index (χ3n) is 6.20. The summed E-state index contributed by atoms with van der Waals surface area (Å²) in [7, 11) is 0. The Balaban J connectivity index is 1.18. The summed E-state index contributed by atoms with van der Waals surface area (Å²) >= 11 is 0. The van der Waals surface area contributed by atoms with E-state index in [0.717, 1.165) is 17.8 Å². The van der Waals surface area contributed by atoms with Gasteiger partial charge in [-0.1, -0.05) is 5.21 Å². The predicted molar refractivity (Wildman–Crippen MR) is 103 cm³/mol. The van der Waals surface area contributed by atoms with E-state index >= 15 is 0 Å². The molecule has 2 amide bonds. The number of ether oxygens (including phenoxy) is 3. The van der Waals surface area contributed by atoms with Gasteiger partial charge in [-0.2, -0.15) is 4.68 Å². The molecule has 1 aromatic carbocycles. The van der Waals surface area contributed by atoms with Gasteiger partial charge in [0.15, 0.2) is 0 Å². The molecule has 12 heteroatoms. The van der Waals surface area contributed by atoms with Gasteiger partial charge >= 0.3 is 12.1 Å².